The fourth-order valence-electron chi connectivity index (χ4n) is 4.61. The van der Waals surface area contributed by atoms with Crippen molar-refractivity contribution in [2.75, 3.05) is 13.1 Å². The van der Waals surface area contributed by atoms with E-state index in [2.05, 4.69) is 21.3 Å². The van der Waals surface area contributed by atoms with Crippen molar-refractivity contribution in [2.24, 2.45) is 0 Å². The minimum atomic E-state index is -1.08. The minimum Gasteiger partial charge on any atom is -0.489 e. The Hall–Kier alpha value is -3.92. The molecule has 5 N–H and O–H groups in total. The van der Waals surface area contributed by atoms with Crippen LogP contribution in [-0.4, -0.2) is 60.1 Å². The number of aryl methyl sites for hydroxylation is 2. The van der Waals surface area contributed by atoms with E-state index in [4.69, 9.17) is 9.84 Å². The number of carboxylic acids is 1. The monoisotopic (exact) mass is 552 g/mol. The third kappa shape index (κ3) is 10.3. The van der Waals surface area contributed by atoms with Crippen molar-refractivity contribution in [3.05, 3.63) is 65.2 Å². The van der Waals surface area contributed by atoms with E-state index in [1.807, 2.05) is 55.5 Å². The molecule has 2 aromatic carbocycles. The number of piperidine rings is 1. The molecule has 1 saturated heterocycles. The lowest BCUT2D eigenvalue weighted by Gasteiger charge is -2.24. The van der Waals surface area contributed by atoms with Gasteiger partial charge in [0.15, 0.2) is 0 Å². The summed E-state index contributed by atoms with van der Waals surface area (Å²) in [6, 6.07) is 13.5. The highest BCUT2D eigenvalue weighted by Crippen LogP contribution is 2.20. The molecule has 1 aliphatic rings. The molecular weight excluding hydrogens is 512 g/mol. The smallest absolute Gasteiger partial charge is 0.303 e. The van der Waals surface area contributed by atoms with Gasteiger partial charge in [-0.3, -0.25) is 19.2 Å². The van der Waals surface area contributed by atoms with Crippen molar-refractivity contribution in [2.45, 2.75) is 77.1 Å². The van der Waals surface area contributed by atoms with Gasteiger partial charge in [0.2, 0.25) is 17.7 Å². The molecular formula is C30H40N4O6. The summed E-state index contributed by atoms with van der Waals surface area (Å²) in [6.45, 7) is 5.26. The summed E-state index contributed by atoms with van der Waals surface area (Å²) in [4.78, 5) is 49.1. The van der Waals surface area contributed by atoms with Crippen molar-refractivity contribution < 1.29 is 29.0 Å². The molecule has 1 heterocycles. The quantitative estimate of drug-likeness (QED) is 0.242. The lowest BCUT2D eigenvalue weighted by atomic mass is 10.0. The van der Waals surface area contributed by atoms with Gasteiger partial charge >= 0.3 is 5.97 Å². The third-order valence-corrected chi connectivity index (χ3v) is 6.87. The summed E-state index contributed by atoms with van der Waals surface area (Å²) in [5.41, 5.74) is 2.91. The van der Waals surface area contributed by atoms with Gasteiger partial charge in [-0.05, 0) is 74.4 Å². The molecule has 40 heavy (non-hydrogen) atoms. The number of hydrogen-bond donors (Lipinski definition) is 5. The SMILES string of the molecule is CC(=O)N[C@@H](CCC(=O)O)C(=O)N[C@@H](CCc1ccccc1)C(=O)NCc1cc(OC2CCCNC2)ccc1C. The Kier molecular flexibility index (Phi) is 12.0. The number of aliphatic carboxylic acids is 1. The van der Waals surface area contributed by atoms with E-state index in [-0.39, 0.29) is 31.4 Å². The summed E-state index contributed by atoms with van der Waals surface area (Å²) in [6.07, 6.45) is 2.63. The zero-order valence-corrected chi connectivity index (χ0v) is 23.2. The van der Waals surface area contributed by atoms with Crippen LogP contribution in [0.5, 0.6) is 5.75 Å². The normalized spacial score (nSPS) is 16.3. The Morgan fingerprint density at radius 1 is 1.02 bits per heavy atom. The fraction of sp³-hybridized carbons (Fsp3) is 0.467. The molecule has 0 spiro atoms. The topological polar surface area (TPSA) is 146 Å². The van der Waals surface area contributed by atoms with E-state index < -0.39 is 29.9 Å². The highest BCUT2D eigenvalue weighted by atomic mass is 16.5. The average Bonchev–Trinajstić information content (AvgIpc) is 2.94. The van der Waals surface area contributed by atoms with Gasteiger partial charge in [0.05, 0.1) is 0 Å². The molecule has 2 aromatic rings. The molecule has 1 aliphatic heterocycles. The molecule has 3 amide bonds. The first-order valence-electron chi connectivity index (χ1n) is 13.8. The first kappa shape index (κ1) is 30.6. The first-order chi connectivity index (χ1) is 19.2. The summed E-state index contributed by atoms with van der Waals surface area (Å²) in [5.74, 6) is -1.77. The van der Waals surface area contributed by atoms with Gasteiger partial charge in [0, 0.05) is 26.4 Å². The Bertz CT molecular complexity index is 1150. The summed E-state index contributed by atoms with van der Waals surface area (Å²) < 4.78 is 6.13. The average molecular weight is 553 g/mol. The lowest BCUT2D eigenvalue weighted by Crippen LogP contribution is -2.53. The predicted molar refractivity (Wildman–Crippen MR) is 151 cm³/mol. The maximum absolute atomic E-state index is 13.4. The molecule has 0 saturated carbocycles. The van der Waals surface area contributed by atoms with E-state index in [1.54, 1.807) is 0 Å². The molecule has 216 valence electrons. The summed E-state index contributed by atoms with van der Waals surface area (Å²) in [7, 11) is 0. The maximum atomic E-state index is 13.4. The second kappa shape index (κ2) is 15.6. The molecule has 0 aromatic heterocycles. The second-order valence-corrected chi connectivity index (χ2v) is 10.2. The van der Waals surface area contributed by atoms with Crippen LogP contribution in [0, 0.1) is 6.92 Å². The molecule has 1 fully saturated rings. The Morgan fingerprint density at radius 3 is 2.45 bits per heavy atom. The van der Waals surface area contributed by atoms with Gasteiger partial charge in [0.25, 0.3) is 0 Å². The van der Waals surface area contributed by atoms with E-state index >= 15 is 0 Å². The number of carbonyl (C=O) groups is 4. The molecule has 1 unspecified atom stereocenters. The van der Waals surface area contributed by atoms with Gasteiger partial charge in [-0.25, -0.2) is 0 Å². The van der Waals surface area contributed by atoms with E-state index in [0.717, 1.165) is 48.4 Å². The molecule has 3 rings (SSSR count). The number of nitrogens with one attached hydrogen (secondary N) is 4. The van der Waals surface area contributed by atoms with Gasteiger partial charge in [-0.1, -0.05) is 36.4 Å². The zero-order valence-electron chi connectivity index (χ0n) is 23.2. The van der Waals surface area contributed by atoms with Crippen LogP contribution >= 0.6 is 0 Å². The first-order valence-corrected chi connectivity index (χ1v) is 13.8. The molecule has 3 atom stereocenters. The predicted octanol–water partition coefficient (Wildman–Crippen LogP) is 2.23. The van der Waals surface area contributed by atoms with Crippen molar-refractivity contribution in [1.82, 2.24) is 21.3 Å². The highest BCUT2D eigenvalue weighted by molar-refractivity contribution is 5.92. The molecule has 10 nitrogen and oxygen atoms in total. The number of rotatable bonds is 14. The van der Waals surface area contributed by atoms with Crippen LogP contribution in [0.3, 0.4) is 0 Å². The fourth-order valence-corrected chi connectivity index (χ4v) is 4.61. The summed E-state index contributed by atoms with van der Waals surface area (Å²) >= 11 is 0. The van der Waals surface area contributed by atoms with E-state index in [9.17, 15) is 19.2 Å². The van der Waals surface area contributed by atoms with Crippen molar-refractivity contribution in [3.8, 4) is 5.75 Å². The van der Waals surface area contributed by atoms with Crippen LogP contribution in [0.1, 0.15) is 55.7 Å². The van der Waals surface area contributed by atoms with Crippen LogP contribution in [0.25, 0.3) is 0 Å². The lowest BCUT2D eigenvalue weighted by molar-refractivity contribution is -0.138. The largest absolute Gasteiger partial charge is 0.489 e. The number of hydrogen-bond acceptors (Lipinski definition) is 6. The molecule has 0 aliphatic carbocycles. The van der Waals surface area contributed by atoms with Crippen LogP contribution in [0.15, 0.2) is 48.5 Å². The third-order valence-electron chi connectivity index (χ3n) is 6.87. The van der Waals surface area contributed by atoms with Gasteiger partial charge in [-0.15, -0.1) is 0 Å². The van der Waals surface area contributed by atoms with Crippen molar-refractivity contribution in [1.29, 1.82) is 0 Å². The van der Waals surface area contributed by atoms with Crippen LogP contribution in [0.2, 0.25) is 0 Å². The Labute approximate surface area is 235 Å². The molecule has 0 bridgehead atoms. The van der Waals surface area contributed by atoms with Crippen molar-refractivity contribution >= 4 is 23.7 Å². The zero-order chi connectivity index (χ0) is 28.9. The molecule has 10 heteroatoms. The van der Waals surface area contributed by atoms with Crippen LogP contribution < -0.4 is 26.0 Å². The standard InChI is InChI=1S/C30H40N4O6/c1-20-10-12-24(40-25-9-6-16-31-19-25)17-23(20)18-32-29(38)26(13-11-22-7-4-3-5-8-22)34-30(39)27(33-21(2)35)14-15-28(36)37/h3-5,7-8,10,12,17,25-27,31H,6,9,11,13-16,18-19H2,1-2H3,(H,32,38)(H,33,35)(H,34,39)(H,36,37)/t25?,26-,27-/m0/s1. The van der Waals surface area contributed by atoms with Crippen molar-refractivity contribution in [3.63, 3.8) is 0 Å². The number of carboxylic acid groups (broad SMARTS) is 1. The molecule has 0 radical (unpaired) electrons. The van der Waals surface area contributed by atoms with Crippen LogP contribution in [0.4, 0.5) is 0 Å². The van der Waals surface area contributed by atoms with Gasteiger partial charge in [0.1, 0.15) is 23.9 Å². The Balaban J connectivity index is 1.69. The maximum Gasteiger partial charge on any atom is 0.303 e. The number of ether oxygens (including phenoxy) is 1. The number of amides is 3. The van der Waals surface area contributed by atoms with Crippen LogP contribution in [-0.2, 0) is 32.1 Å². The van der Waals surface area contributed by atoms with E-state index in [1.165, 1.54) is 6.92 Å². The minimum absolute atomic E-state index is 0.0870. The number of carbonyl (C=O) groups excluding carboxylic acids is 3. The summed E-state index contributed by atoms with van der Waals surface area (Å²) in [5, 5.41) is 20.6. The van der Waals surface area contributed by atoms with Gasteiger partial charge in [-0.2, -0.15) is 0 Å². The van der Waals surface area contributed by atoms with Gasteiger partial charge < -0.3 is 31.1 Å². The Morgan fingerprint density at radius 2 is 1.77 bits per heavy atom. The second-order valence-electron chi connectivity index (χ2n) is 10.2. The van der Waals surface area contributed by atoms with E-state index in [0.29, 0.717) is 12.8 Å². The number of benzene rings is 2. The highest BCUT2D eigenvalue weighted by Gasteiger charge is 2.27.